The largest absolute Gasteiger partial charge is 0.208 e. The van der Waals surface area contributed by atoms with Crippen molar-refractivity contribution in [1.82, 2.24) is 15.0 Å². The second-order valence-electron chi connectivity index (χ2n) is 13.3. The van der Waals surface area contributed by atoms with Gasteiger partial charge >= 0.3 is 0 Å². The summed E-state index contributed by atoms with van der Waals surface area (Å²) < 4.78 is 2.57. The second-order valence-corrected chi connectivity index (χ2v) is 14.3. The maximum atomic E-state index is 5.19. The molecule has 0 spiro atoms. The van der Waals surface area contributed by atoms with Crippen molar-refractivity contribution < 1.29 is 0 Å². The molecule has 1 aliphatic carbocycles. The van der Waals surface area contributed by atoms with E-state index >= 15 is 0 Å². The molecule has 0 atom stereocenters. The predicted octanol–water partition coefficient (Wildman–Crippen LogP) is 11.9. The summed E-state index contributed by atoms with van der Waals surface area (Å²) in [5.74, 6) is 2.03. The number of rotatable bonds is 3. The highest BCUT2D eigenvalue weighted by Gasteiger charge is 2.35. The van der Waals surface area contributed by atoms with Gasteiger partial charge in [-0.15, -0.1) is 11.3 Å². The smallest absolute Gasteiger partial charge is 0.164 e. The van der Waals surface area contributed by atoms with Crippen LogP contribution in [0.2, 0.25) is 0 Å². The molecule has 2 aromatic heterocycles. The Kier molecular flexibility index (Phi) is 5.79. The molecule has 0 radical (unpaired) electrons. The fourth-order valence-electron chi connectivity index (χ4n) is 7.58. The average Bonchev–Trinajstić information content (AvgIpc) is 3.63. The SMILES string of the molecule is CC1(C)c2ccccc2-c2ccc(-c3nc(-c4ccc5ccccc5c4)nc(-c4ccc5sc6c7ccccc7ccc6c5c4)n3)cc21. The van der Waals surface area contributed by atoms with Crippen molar-refractivity contribution in [3.63, 3.8) is 0 Å². The van der Waals surface area contributed by atoms with Gasteiger partial charge in [-0.3, -0.25) is 0 Å². The monoisotopic (exact) mass is 631 g/mol. The van der Waals surface area contributed by atoms with Crippen LogP contribution in [0.25, 0.3) is 87.0 Å². The third-order valence-electron chi connectivity index (χ3n) is 10.1. The van der Waals surface area contributed by atoms with Gasteiger partial charge in [0.05, 0.1) is 0 Å². The van der Waals surface area contributed by atoms with E-state index < -0.39 is 0 Å². The predicted molar refractivity (Wildman–Crippen MR) is 202 cm³/mol. The van der Waals surface area contributed by atoms with Crippen LogP contribution < -0.4 is 0 Å². The van der Waals surface area contributed by atoms with Crippen LogP contribution in [0.15, 0.2) is 140 Å². The van der Waals surface area contributed by atoms with Gasteiger partial charge in [-0.05, 0) is 74.1 Å². The molecule has 0 unspecified atom stereocenters. The lowest BCUT2D eigenvalue weighted by Crippen LogP contribution is -2.15. The van der Waals surface area contributed by atoms with Gasteiger partial charge in [0.25, 0.3) is 0 Å². The van der Waals surface area contributed by atoms with Gasteiger partial charge in [0.15, 0.2) is 17.5 Å². The topological polar surface area (TPSA) is 38.7 Å². The number of nitrogens with zero attached hydrogens (tertiary/aromatic N) is 3. The van der Waals surface area contributed by atoms with Gasteiger partial charge in [0, 0.05) is 42.3 Å². The van der Waals surface area contributed by atoms with Crippen LogP contribution >= 0.6 is 11.3 Å². The number of aromatic nitrogens is 3. The summed E-state index contributed by atoms with van der Waals surface area (Å²) >= 11 is 1.85. The van der Waals surface area contributed by atoms with Crippen molar-refractivity contribution in [3.8, 4) is 45.3 Å². The molecule has 3 nitrogen and oxygen atoms in total. The molecule has 2 heterocycles. The van der Waals surface area contributed by atoms with Crippen molar-refractivity contribution in [3.05, 3.63) is 151 Å². The molecule has 10 rings (SSSR count). The molecule has 4 heteroatoms. The zero-order valence-electron chi connectivity index (χ0n) is 26.5. The summed E-state index contributed by atoms with van der Waals surface area (Å²) in [5.41, 5.74) is 8.08. The van der Waals surface area contributed by atoms with Crippen LogP contribution in [0, 0.1) is 0 Å². The normalized spacial score (nSPS) is 13.4. The standard InChI is InChI=1S/C44H29N3S/c1-44(2)37-14-8-7-13-33(37)34-20-18-31(25-38(34)44)43-46-41(29-16-15-26-9-3-4-11-28(26)23-29)45-42(47-43)30-19-22-39-36(24-30)35-21-17-27-10-5-6-12-32(27)40(35)48-39/h3-25H,1-2H3. The Morgan fingerprint density at radius 3 is 1.88 bits per heavy atom. The minimum atomic E-state index is -0.117. The van der Waals surface area contributed by atoms with E-state index in [-0.39, 0.29) is 5.41 Å². The Balaban J connectivity index is 1.18. The lowest BCUT2D eigenvalue weighted by atomic mass is 9.82. The fraction of sp³-hybridized carbons (Fsp3) is 0.0682. The molecular weight excluding hydrogens is 603 g/mol. The van der Waals surface area contributed by atoms with Crippen LogP contribution in [0.3, 0.4) is 0 Å². The van der Waals surface area contributed by atoms with Crippen LogP contribution in [-0.4, -0.2) is 15.0 Å². The first-order chi connectivity index (χ1) is 23.5. The lowest BCUT2D eigenvalue weighted by Gasteiger charge is -2.21. The maximum absolute atomic E-state index is 5.19. The lowest BCUT2D eigenvalue weighted by molar-refractivity contribution is 0.660. The van der Waals surface area contributed by atoms with E-state index in [1.165, 1.54) is 58.6 Å². The highest BCUT2D eigenvalue weighted by Crippen LogP contribution is 2.49. The van der Waals surface area contributed by atoms with Crippen molar-refractivity contribution >= 4 is 53.1 Å². The molecule has 0 amide bonds. The fourth-order valence-corrected chi connectivity index (χ4v) is 8.80. The summed E-state index contributed by atoms with van der Waals surface area (Å²) in [7, 11) is 0. The van der Waals surface area contributed by atoms with E-state index in [1.54, 1.807) is 0 Å². The Morgan fingerprint density at radius 1 is 0.438 bits per heavy atom. The Bertz CT molecular complexity index is 2770. The first kappa shape index (κ1) is 27.4. The summed E-state index contributed by atoms with van der Waals surface area (Å²) in [6, 6.07) is 50.1. The zero-order valence-corrected chi connectivity index (χ0v) is 27.3. The highest BCUT2D eigenvalue weighted by atomic mass is 32.1. The molecule has 0 bridgehead atoms. The van der Waals surface area contributed by atoms with E-state index in [4.69, 9.17) is 15.0 Å². The summed E-state index contributed by atoms with van der Waals surface area (Å²) in [6.45, 7) is 4.62. The average molecular weight is 632 g/mol. The molecule has 0 N–H and O–H groups in total. The Hall–Kier alpha value is -5.71. The number of benzene rings is 7. The number of fused-ring (bicyclic) bond motifs is 9. The van der Waals surface area contributed by atoms with E-state index in [2.05, 4.69) is 153 Å². The first-order valence-electron chi connectivity index (χ1n) is 16.4. The van der Waals surface area contributed by atoms with Crippen LogP contribution in [0.1, 0.15) is 25.0 Å². The Morgan fingerprint density at radius 2 is 1.04 bits per heavy atom. The third kappa shape index (κ3) is 4.09. The summed E-state index contributed by atoms with van der Waals surface area (Å²) in [4.78, 5) is 15.5. The molecule has 0 fully saturated rings. The maximum Gasteiger partial charge on any atom is 0.164 e. The molecule has 226 valence electrons. The van der Waals surface area contributed by atoms with E-state index in [1.807, 2.05) is 11.3 Å². The van der Waals surface area contributed by atoms with Gasteiger partial charge in [0.2, 0.25) is 0 Å². The van der Waals surface area contributed by atoms with Gasteiger partial charge in [-0.25, -0.2) is 15.0 Å². The van der Waals surface area contributed by atoms with Gasteiger partial charge < -0.3 is 0 Å². The number of hydrogen-bond acceptors (Lipinski definition) is 4. The molecule has 48 heavy (non-hydrogen) atoms. The molecule has 1 aliphatic rings. The van der Waals surface area contributed by atoms with Gasteiger partial charge in [-0.1, -0.05) is 123 Å². The number of hydrogen-bond donors (Lipinski definition) is 0. The second kappa shape index (κ2) is 10.1. The van der Waals surface area contributed by atoms with Crippen LogP contribution in [0.4, 0.5) is 0 Å². The molecular formula is C44H29N3S. The molecule has 9 aromatic rings. The molecule has 0 aliphatic heterocycles. The quantitative estimate of drug-likeness (QED) is 0.195. The molecule has 0 saturated heterocycles. The molecule has 7 aromatic carbocycles. The van der Waals surface area contributed by atoms with Crippen LogP contribution in [-0.2, 0) is 5.41 Å². The van der Waals surface area contributed by atoms with E-state index in [0.717, 1.165) is 22.1 Å². The summed E-state index contributed by atoms with van der Waals surface area (Å²) in [5, 5.41) is 7.40. The molecule has 0 saturated carbocycles. The number of thiophene rings is 1. The first-order valence-corrected chi connectivity index (χ1v) is 17.2. The minimum Gasteiger partial charge on any atom is -0.208 e. The zero-order chi connectivity index (χ0) is 32.0. The summed E-state index contributed by atoms with van der Waals surface area (Å²) in [6.07, 6.45) is 0. The van der Waals surface area contributed by atoms with Crippen molar-refractivity contribution in [2.24, 2.45) is 0 Å². The van der Waals surface area contributed by atoms with Crippen LogP contribution in [0.5, 0.6) is 0 Å². The Labute approximate surface area is 282 Å². The van der Waals surface area contributed by atoms with Crippen molar-refractivity contribution in [2.45, 2.75) is 19.3 Å². The highest BCUT2D eigenvalue weighted by molar-refractivity contribution is 7.26. The van der Waals surface area contributed by atoms with Gasteiger partial charge in [-0.2, -0.15) is 0 Å². The van der Waals surface area contributed by atoms with Crippen molar-refractivity contribution in [2.75, 3.05) is 0 Å². The minimum absolute atomic E-state index is 0.117. The third-order valence-corrected chi connectivity index (χ3v) is 11.3. The van der Waals surface area contributed by atoms with Crippen molar-refractivity contribution in [1.29, 1.82) is 0 Å². The van der Waals surface area contributed by atoms with E-state index in [9.17, 15) is 0 Å². The van der Waals surface area contributed by atoms with E-state index in [0.29, 0.717) is 17.5 Å². The van der Waals surface area contributed by atoms with Gasteiger partial charge in [0.1, 0.15) is 0 Å².